The molecule has 0 radical (unpaired) electrons. The molecular weight excluding hydrogens is 1150 g/mol. The molecule has 0 aliphatic rings. The second-order valence-electron chi connectivity index (χ2n) is 29.5. The summed E-state index contributed by atoms with van der Waals surface area (Å²) in [6.07, 6.45) is 0. The van der Waals surface area contributed by atoms with E-state index < -0.39 is 64.6 Å². The molecule has 11 rings (SSSR count). The van der Waals surface area contributed by atoms with Crippen LogP contribution in [0, 0.1) is 0 Å². The quantitative estimate of drug-likeness (QED) is 0.133. The van der Waals surface area contributed by atoms with E-state index in [2.05, 4.69) is 269 Å². The third-order valence-electron chi connectivity index (χ3n) is 14.7. The molecule has 0 amide bonds. The number of rotatable bonds is 8. The second-order valence-corrected chi connectivity index (χ2v) is 80.0. The van der Waals surface area contributed by atoms with Crippen LogP contribution in [0.4, 0.5) is 0 Å². The van der Waals surface area contributed by atoms with Crippen LogP contribution in [0.1, 0.15) is 0 Å². The summed E-state index contributed by atoms with van der Waals surface area (Å²) in [6, 6.07) is 0. The van der Waals surface area contributed by atoms with E-state index in [1.54, 1.807) is 141 Å². The first-order valence-corrected chi connectivity index (χ1v) is 60.8. The van der Waals surface area contributed by atoms with E-state index in [0.29, 0.717) is 0 Å². The largest absolute Gasteiger partial charge is 0.152 e. The molecular formula is C56H76S8Si8. The van der Waals surface area contributed by atoms with Gasteiger partial charge in [-0.1, -0.05) is 157 Å². The van der Waals surface area contributed by atoms with Gasteiger partial charge in [-0.3, -0.25) is 0 Å². The zero-order chi connectivity index (χ0) is 52.7. The minimum Gasteiger partial charge on any atom is -0.152 e. The van der Waals surface area contributed by atoms with Crippen molar-refractivity contribution in [3.8, 4) is 0 Å². The van der Waals surface area contributed by atoms with Gasteiger partial charge in [0, 0.05) is 86.2 Å². The maximum absolute atomic E-state index is 2.68. The third-order valence-corrected chi connectivity index (χ3v) is 52.5. The normalized spacial score (nSPS) is 14.7. The lowest BCUT2D eigenvalue weighted by atomic mass is 9.98. The molecule has 3 aromatic carbocycles. The van der Waals surface area contributed by atoms with E-state index in [-0.39, 0.29) is 0 Å². The fraction of sp³-hybridized carbons (Fsp3) is 0.429. The average molecular weight is 1230 g/mol. The molecule has 380 valence electrons. The van der Waals surface area contributed by atoms with Gasteiger partial charge in [0.15, 0.2) is 0 Å². The van der Waals surface area contributed by atoms with Crippen molar-refractivity contribution in [3.05, 3.63) is 21.5 Å². The molecule has 0 atom stereocenters. The Labute approximate surface area is 469 Å². The highest BCUT2D eigenvalue weighted by atomic mass is 32.1. The van der Waals surface area contributed by atoms with Gasteiger partial charge in [0.25, 0.3) is 0 Å². The van der Waals surface area contributed by atoms with E-state index in [1.807, 2.05) is 0 Å². The molecule has 0 aliphatic heterocycles. The van der Waals surface area contributed by atoms with Crippen LogP contribution in [0.2, 0.25) is 157 Å². The predicted molar refractivity (Wildman–Crippen MR) is 377 cm³/mol. The number of hydrogen-bond donors (Lipinski definition) is 0. The number of fused-ring (bicyclic) bond motifs is 12. The Morgan fingerprint density at radius 2 is 0.347 bits per heavy atom. The van der Waals surface area contributed by atoms with E-state index in [9.17, 15) is 0 Å². The van der Waals surface area contributed by atoms with Gasteiger partial charge in [0.1, 0.15) is 0 Å². The van der Waals surface area contributed by atoms with Crippen LogP contribution in [-0.4, -0.2) is 64.6 Å². The lowest BCUT2D eigenvalue weighted by Crippen LogP contribution is -2.38. The molecule has 16 heteroatoms. The third kappa shape index (κ3) is 7.83. The number of thiophene rings is 8. The number of hydrogen-bond acceptors (Lipinski definition) is 8. The summed E-state index contributed by atoms with van der Waals surface area (Å²) >= 11 is 17.6. The first-order valence-electron chi connectivity index (χ1n) is 26.0. The molecule has 0 nitrogen and oxygen atoms in total. The molecule has 0 fully saturated rings. The van der Waals surface area contributed by atoms with E-state index in [0.717, 1.165) is 0 Å². The van der Waals surface area contributed by atoms with Gasteiger partial charge in [-0.05, 0) is 57.5 Å². The van der Waals surface area contributed by atoms with Crippen molar-refractivity contribution < 1.29 is 0 Å². The molecule has 72 heavy (non-hydrogen) atoms. The molecule has 0 bridgehead atoms. The SMILES string of the molecule is C[Si](C)(C)c1scc2c3csc([Si](C)(C)C)c3c3c([Si](C)(C)C)sc4c5sc([Si](C)(C)C)c6c7c([Si](C)(C)C)scc7c7csc([Si](C)(C)C)c7c7c([Si](C)(C)C)sc(c8sc([Si](C)(C)C)c(c12)c8c43)c7c56. The Morgan fingerprint density at radius 3 is 0.486 bits per heavy atom. The molecule has 0 saturated heterocycles. The van der Waals surface area contributed by atoms with Crippen molar-refractivity contribution in [1.29, 1.82) is 0 Å². The molecule has 8 aromatic heterocycles. The van der Waals surface area contributed by atoms with Crippen LogP contribution >= 0.6 is 90.7 Å². The summed E-state index contributed by atoms with van der Waals surface area (Å²) in [7, 11) is -15.2. The molecule has 11 aromatic rings. The van der Waals surface area contributed by atoms with Crippen LogP contribution in [0.3, 0.4) is 0 Å². The maximum atomic E-state index is 2.68. The Hall–Kier alpha value is -0.665. The zero-order valence-electron chi connectivity index (χ0n) is 47.6. The Bertz CT molecular complexity index is 3630. The Balaban J connectivity index is 1.71. The van der Waals surface area contributed by atoms with Crippen molar-refractivity contribution >= 4 is 296 Å². The first kappa shape index (κ1) is 53.3. The minimum atomic E-state index is -1.98. The first-order chi connectivity index (χ1) is 32.8. The fourth-order valence-electron chi connectivity index (χ4n) is 11.8. The lowest BCUT2D eigenvalue weighted by molar-refractivity contribution is 1.79. The summed E-state index contributed by atoms with van der Waals surface area (Å²) in [5.41, 5.74) is 0. The van der Waals surface area contributed by atoms with E-state index in [1.165, 1.54) is 0 Å². The topological polar surface area (TPSA) is 0 Å². The minimum absolute atomic E-state index is 1.55. The summed E-state index contributed by atoms with van der Waals surface area (Å²) in [5, 5.41) is 36.6. The van der Waals surface area contributed by atoms with Gasteiger partial charge < -0.3 is 0 Å². The van der Waals surface area contributed by atoms with Gasteiger partial charge in [-0.25, -0.2) is 0 Å². The van der Waals surface area contributed by atoms with Gasteiger partial charge in [-0.2, -0.15) is 45.3 Å². The highest BCUT2D eigenvalue weighted by molar-refractivity contribution is 7.43. The molecule has 0 unspecified atom stereocenters. The molecule has 0 saturated carbocycles. The Morgan fingerprint density at radius 1 is 0.194 bits per heavy atom. The second kappa shape index (κ2) is 16.5. The summed E-state index contributed by atoms with van der Waals surface area (Å²) in [5.74, 6) is 0. The lowest BCUT2D eigenvalue weighted by Gasteiger charge is -2.20. The van der Waals surface area contributed by atoms with Crippen molar-refractivity contribution in [1.82, 2.24) is 0 Å². The van der Waals surface area contributed by atoms with Crippen LogP contribution in [0.5, 0.6) is 0 Å². The van der Waals surface area contributed by atoms with Gasteiger partial charge in [-0.15, -0.1) is 45.3 Å². The van der Waals surface area contributed by atoms with Gasteiger partial charge in [0.05, 0.1) is 83.4 Å². The Kier molecular flexibility index (Phi) is 12.2. The van der Waals surface area contributed by atoms with Crippen molar-refractivity contribution in [2.24, 2.45) is 0 Å². The van der Waals surface area contributed by atoms with Crippen molar-refractivity contribution in [2.75, 3.05) is 0 Å². The average Bonchev–Trinajstić information content (AvgIpc) is 4.03. The van der Waals surface area contributed by atoms with Crippen molar-refractivity contribution in [2.45, 2.75) is 157 Å². The fourth-order valence-corrected chi connectivity index (χ4v) is 40.1. The van der Waals surface area contributed by atoms with E-state index in [4.69, 9.17) is 0 Å². The summed E-state index contributed by atoms with van der Waals surface area (Å²) < 4.78 is 20.2. The van der Waals surface area contributed by atoms with Crippen LogP contribution in [0.15, 0.2) is 21.5 Å². The van der Waals surface area contributed by atoms with Gasteiger partial charge >= 0.3 is 0 Å². The van der Waals surface area contributed by atoms with Crippen molar-refractivity contribution in [3.63, 3.8) is 0 Å². The molecule has 0 aliphatic carbocycles. The van der Waals surface area contributed by atoms with Crippen LogP contribution < -0.4 is 36.0 Å². The summed E-state index contributed by atoms with van der Waals surface area (Å²) in [4.78, 5) is 0. The van der Waals surface area contributed by atoms with Gasteiger partial charge in [0.2, 0.25) is 0 Å². The standard InChI is InChI=1S/C56H76S8Si8/c1-65(2,3)49-33-29(25-57-49)30-26-58-50(66(4,5)6)34(30)42-38-37-41(33)53(69(13,14)15)61-45(37)47-39-40-44(56(72(22,23)24)64-48(40)46(38)62-54(42)70(16,17)18)36-32(28-60-52(36)68(10,11)12)31-27-59-51(67(7,8)9)35(31)43(39)55(63-47)71(19,20)21/h25-28H,1-24H3. The zero-order valence-corrected chi connectivity index (χ0v) is 62.1. The highest BCUT2D eigenvalue weighted by Crippen LogP contribution is 2.54. The smallest absolute Gasteiger partial charge is 0.0912 e. The maximum Gasteiger partial charge on any atom is 0.0912 e. The molecule has 0 spiro atoms. The van der Waals surface area contributed by atoms with E-state index >= 15 is 0 Å². The summed E-state index contributed by atoms with van der Waals surface area (Å²) in [6.45, 7) is 63.8. The highest BCUT2D eigenvalue weighted by Gasteiger charge is 2.39. The van der Waals surface area contributed by atoms with Crippen LogP contribution in [0.25, 0.3) is 105 Å². The monoisotopic (exact) mass is 1230 g/mol. The molecule has 8 heterocycles. The van der Waals surface area contributed by atoms with Crippen LogP contribution in [-0.2, 0) is 0 Å². The predicted octanol–water partition coefficient (Wildman–Crippen LogP) is 18.6. The molecule has 0 N–H and O–H groups in total.